The molecule has 134 valence electrons. The fourth-order valence-corrected chi connectivity index (χ4v) is 3.20. The van der Waals surface area contributed by atoms with Crippen LogP contribution in [0.1, 0.15) is 16.2 Å². The molecule has 9 heteroatoms. The summed E-state index contributed by atoms with van der Waals surface area (Å²) in [5.74, 6) is -0.387. The van der Waals surface area contributed by atoms with Gasteiger partial charge < -0.3 is 9.26 Å². The van der Waals surface area contributed by atoms with Crippen LogP contribution in [0.2, 0.25) is 5.02 Å². The predicted octanol–water partition coefficient (Wildman–Crippen LogP) is 3.15. The van der Waals surface area contributed by atoms with Gasteiger partial charge in [0, 0.05) is 16.8 Å². The number of aromatic nitrogens is 2. The van der Waals surface area contributed by atoms with Crippen molar-refractivity contribution in [1.29, 1.82) is 0 Å². The topological polar surface area (TPSA) is 99.4 Å². The van der Waals surface area contributed by atoms with Gasteiger partial charge in [0.15, 0.2) is 16.4 Å². The van der Waals surface area contributed by atoms with Crippen molar-refractivity contribution in [1.82, 2.24) is 10.1 Å². The first kappa shape index (κ1) is 18.1. The molecule has 0 saturated carbocycles. The molecule has 1 heterocycles. The normalized spacial score (nSPS) is 11.3. The number of carbonyl (C=O) groups is 1. The van der Waals surface area contributed by atoms with Crippen LogP contribution in [0, 0.1) is 0 Å². The molecule has 2 aromatic carbocycles. The van der Waals surface area contributed by atoms with Gasteiger partial charge in [0.2, 0.25) is 5.82 Å². The summed E-state index contributed by atoms with van der Waals surface area (Å²) in [5, 5.41) is 4.39. The standard InChI is InChI=1S/C17H13ClN2O5S/c1-26(22,23)14-5-3-2-4-13(14)17(21)24-10-15-19-16(20-25-15)11-6-8-12(18)9-7-11/h2-9H,10H2,1H3. The highest BCUT2D eigenvalue weighted by molar-refractivity contribution is 7.90. The number of nitrogens with zero attached hydrogens (tertiary/aromatic N) is 2. The van der Waals surface area contributed by atoms with Crippen molar-refractivity contribution in [3.63, 3.8) is 0 Å². The van der Waals surface area contributed by atoms with Crippen LogP contribution in [-0.2, 0) is 21.2 Å². The molecule has 0 aliphatic rings. The summed E-state index contributed by atoms with van der Waals surface area (Å²) in [6.07, 6.45) is 1.02. The van der Waals surface area contributed by atoms with Gasteiger partial charge in [-0.1, -0.05) is 28.9 Å². The monoisotopic (exact) mass is 392 g/mol. The lowest BCUT2D eigenvalue weighted by molar-refractivity contribution is 0.0425. The minimum Gasteiger partial charge on any atom is -0.452 e. The second-order valence-electron chi connectivity index (χ2n) is 5.36. The maximum Gasteiger partial charge on any atom is 0.339 e. The average molecular weight is 393 g/mol. The summed E-state index contributed by atoms with van der Waals surface area (Å²) in [5.41, 5.74) is 0.644. The van der Waals surface area contributed by atoms with Gasteiger partial charge in [-0.15, -0.1) is 0 Å². The summed E-state index contributed by atoms with van der Waals surface area (Å²) in [7, 11) is -3.56. The van der Waals surface area contributed by atoms with Crippen LogP contribution in [0.3, 0.4) is 0 Å². The number of hydrogen-bond acceptors (Lipinski definition) is 7. The van der Waals surface area contributed by atoms with Crippen molar-refractivity contribution in [2.45, 2.75) is 11.5 Å². The van der Waals surface area contributed by atoms with Crippen molar-refractivity contribution >= 4 is 27.4 Å². The molecule has 0 saturated heterocycles. The highest BCUT2D eigenvalue weighted by atomic mass is 35.5. The largest absolute Gasteiger partial charge is 0.452 e. The van der Waals surface area contributed by atoms with Gasteiger partial charge in [-0.2, -0.15) is 4.98 Å². The highest BCUT2D eigenvalue weighted by Gasteiger charge is 2.20. The Morgan fingerprint density at radius 3 is 2.54 bits per heavy atom. The fraction of sp³-hybridized carbons (Fsp3) is 0.118. The number of carbonyl (C=O) groups excluding carboxylic acids is 1. The molecule has 0 unspecified atom stereocenters. The van der Waals surface area contributed by atoms with Crippen LogP contribution in [0.5, 0.6) is 0 Å². The Bertz CT molecular complexity index is 1050. The van der Waals surface area contributed by atoms with Crippen molar-refractivity contribution in [3.8, 4) is 11.4 Å². The summed E-state index contributed by atoms with van der Waals surface area (Å²) in [6, 6.07) is 12.6. The molecule has 0 radical (unpaired) electrons. The summed E-state index contributed by atoms with van der Waals surface area (Å²) in [6.45, 7) is -0.280. The number of esters is 1. The molecule has 0 aliphatic carbocycles. The minimum atomic E-state index is -3.56. The number of hydrogen-bond donors (Lipinski definition) is 0. The van der Waals surface area contributed by atoms with E-state index in [0.717, 1.165) is 6.26 Å². The van der Waals surface area contributed by atoms with E-state index in [4.69, 9.17) is 20.9 Å². The van der Waals surface area contributed by atoms with Gasteiger partial charge in [0.05, 0.1) is 10.5 Å². The molecule has 7 nitrogen and oxygen atoms in total. The molecular weight excluding hydrogens is 380 g/mol. The van der Waals surface area contributed by atoms with Gasteiger partial charge in [-0.05, 0) is 36.4 Å². The summed E-state index contributed by atoms with van der Waals surface area (Å²) >= 11 is 5.83. The molecule has 26 heavy (non-hydrogen) atoms. The third-order valence-electron chi connectivity index (χ3n) is 3.40. The van der Waals surface area contributed by atoms with Crippen molar-refractivity contribution in [3.05, 3.63) is 65.0 Å². The van der Waals surface area contributed by atoms with Crippen LogP contribution in [-0.4, -0.2) is 30.8 Å². The average Bonchev–Trinajstić information content (AvgIpc) is 3.08. The zero-order chi connectivity index (χ0) is 18.7. The third-order valence-corrected chi connectivity index (χ3v) is 4.81. The van der Waals surface area contributed by atoms with E-state index in [1.165, 1.54) is 18.2 Å². The van der Waals surface area contributed by atoms with Crippen LogP contribution < -0.4 is 0 Å². The number of halogens is 1. The lowest BCUT2D eigenvalue weighted by Crippen LogP contribution is -2.11. The molecule has 0 fully saturated rings. The van der Waals surface area contributed by atoms with E-state index >= 15 is 0 Å². The fourth-order valence-electron chi connectivity index (χ4n) is 2.19. The van der Waals surface area contributed by atoms with Crippen LogP contribution in [0.4, 0.5) is 0 Å². The smallest absolute Gasteiger partial charge is 0.339 e. The first-order valence-corrected chi connectivity index (χ1v) is 9.66. The first-order valence-electron chi connectivity index (χ1n) is 7.39. The minimum absolute atomic E-state index is 0.0487. The molecule has 0 aliphatic heterocycles. The predicted molar refractivity (Wildman–Crippen MR) is 93.4 cm³/mol. The number of ether oxygens (including phenoxy) is 1. The van der Waals surface area contributed by atoms with E-state index in [2.05, 4.69) is 10.1 Å². The van der Waals surface area contributed by atoms with Gasteiger partial charge >= 0.3 is 5.97 Å². The van der Waals surface area contributed by atoms with Crippen LogP contribution >= 0.6 is 11.6 Å². The Kier molecular flexibility index (Phi) is 5.06. The zero-order valence-corrected chi connectivity index (χ0v) is 15.1. The maximum atomic E-state index is 12.2. The molecule has 0 amide bonds. The van der Waals surface area contributed by atoms with E-state index < -0.39 is 15.8 Å². The van der Waals surface area contributed by atoms with Gasteiger partial charge in [-0.25, -0.2) is 13.2 Å². The number of benzene rings is 2. The van der Waals surface area contributed by atoms with E-state index in [-0.39, 0.29) is 23.0 Å². The van der Waals surface area contributed by atoms with E-state index in [9.17, 15) is 13.2 Å². The Hall–Kier alpha value is -2.71. The van der Waals surface area contributed by atoms with Gasteiger partial charge in [-0.3, -0.25) is 0 Å². The summed E-state index contributed by atoms with van der Waals surface area (Å²) in [4.78, 5) is 16.2. The maximum absolute atomic E-state index is 12.2. The first-order chi connectivity index (χ1) is 12.3. The van der Waals surface area contributed by atoms with Crippen molar-refractivity contribution in [2.75, 3.05) is 6.26 Å². The Balaban J connectivity index is 1.72. The molecular formula is C17H13ClN2O5S. The van der Waals surface area contributed by atoms with Crippen molar-refractivity contribution < 1.29 is 22.5 Å². The Labute approximate surface area is 154 Å². The number of sulfone groups is 1. The number of rotatable bonds is 5. The second-order valence-corrected chi connectivity index (χ2v) is 7.78. The lowest BCUT2D eigenvalue weighted by atomic mass is 10.2. The molecule has 3 rings (SSSR count). The quantitative estimate of drug-likeness (QED) is 0.615. The highest BCUT2D eigenvalue weighted by Crippen LogP contribution is 2.20. The lowest BCUT2D eigenvalue weighted by Gasteiger charge is -2.06. The van der Waals surface area contributed by atoms with Crippen LogP contribution in [0.25, 0.3) is 11.4 Å². The van der Waals surface area contributed by atoms with Gasteiger partial charge in [0.1, 0.15) is 0 Å². The molecule has 3 aromatic rings. The second kappa shape index (κ2) is 7.27. The summed E-state index contributed by atoms with van der Waals surface area (Å²) < 4.78 is 33.7. The third kappa shape index (κ3) is 4.09. The van der Waals surface area contributed by atoms with E-state index in [1.54, 1.807) is 30.3 Å². The van der Waals surface area contributed by atoms with E-state index in [1.807, 2.05) is 0 Å². The molecule has 0 atom stereocenters. The zero-order valence-electron chi connectivity index (χ0n) is 13.5. The van der Waals surface area contributed by atoms with Gasteiger partial charge in [0.25, 0.3) is 5.89 Å². The molecule has 1 aromatic heterocycles. The van der Waals surface area contributed by atoms with Crippen LogP contribution in [0.15, 0.2) is 57.9 Å². The molecule has 0 spiro atoms. The SMILES string of the molecule is CS(=O)(=O)c1ccccc1C(=O)OCc1nc(-c2ccc(Cl)cc2)no1. The molecule has 0 bridgehead atoms. The van der Waals surface area contributed by atoms with E-state index in [0.29, 0.717) is 16.4 Å². The molecule has 0 N–H and O–H groups in total. The van der Waals surface area contributed by atoms with Crippen molar-refractivity contribution in [2.24, 2.45) is 0 Å². The Morgan fingerprint density at radius 1 is 1.15 bits per heavy atom. The Morgan fingerprint density at radius 2 is 1.85 bits per heavy atom.